The highest BCUT2D eigenvalue weighted by atomic mass is 32.2. The summed E-state index contributed by atoms with van der Waals surface area (Å²) < 4.78 is 45.7. The summed E-state index contributed by atoms with van der Waals surface area (Å²) in [5.74, 6) is 0. The molecule has 190 valence electrons. The van der Waals surface area contributed by atoms with Gasteiger partial charge in [-0.15, -0.1) is 0 Å². The van der Waals surface area contributed by atoms with Crippen LogP contribution in [0.2, 0.25) is 0 Å². The summed E-state index contributed by atoms with van der Waals surface area (Å²) in [7, 11) is 0. The predicted molar refractivity (Wildman–Crippen MR) is 129 cm³/mol. The van der Waals surface area contributed by atoms with Gasteiger partial charge in [0.25, 0.3) is 0 Å². The maximum atomic E-state index is 13.4. The lowest BCUT2D eigenvalue weighted by molar-refractivity contribution is -0.137. The second kappa shape index (κ2) is 9.91. The SMILES string of the molecule is CC(C)(C)OC(=O)N1CCN(C[C@H](O)CN2c3ccccc3Sc3ccc(C(F)(F)F)cc32)CC1. The molecule has 0 spiro atoms. The third kappa shape index (κ3) is 6.23. The van der Waals surface area contributed by atoms with Crippen molar-refractivity contribution in [1.29, 1.82) is 0 Å². The first-order chi connectivity index (χ1) is 16.4. The first-order valence-electron chi connectivity index (χ1n) is 11.5. The van der Waals surface area contributed by atoms with E-state index in [4.69, 9.17) is 4.74 Å². The Hall–Kier alpha value is -2.43. The summed E-state index contributed by atoms with van der Waals surface area (Å²) in [6.07, 6.45) is -5.60. The number of carbonyl (C=O) groups excluding carboxylic acids is 1. The average Bonchev–Trinajstić information content (AvgIpc) is 2.77. The number of para-hydroxylation sites is 1. The van der Waals surface area contributed by atoms with E-state index in [1.165, 1.54) is 17.8 Å². The zero-order valence-electron chi connectivity index (χ0n) is 20.0. The lowest BCUT2D eigenvalue weighted by Crippen LogP contribution is -2.52. The summed E-state index contributed by atoms with van der Waals surface area (Å²) in [5, 5.41) is 10.9. The molecule has 4 rings (SSSR count). The van der Waals surface area contributed by atoms with Gasteiger partial charge < -0.3 is 19.6 Å². The van der Waals surface area contributed by atoms with E-state index in [2.05, 4.69) is 4.90 Å². The second-order valence-corrected chi connectivity index (χ2v) is 10.9. The van der Waals surface area contributed by atoms with Crippen molar-refractivity contribution < 1.29 is 27.8 Å². The van der Waals surface area contributed by atoms with Crippen molar-refractivity contribution in [3.8, 4) is 0 Å². The smallest absolute Gasteiger partial charge is 0.416 e. The van der Waals surface area contributed by atoms with Gasteiger partial charge in [0.2, 0.25) is 0 Å². The standard InChI is InChI=1S/C25H30F3N3O3S/c1-24(2,3)34-23(33)30-12-10-29(11-13-30)15-18(32)16-31-19-6-4-5-7-21(19)35-22-9-8-17(14-20(22)31)25(26,27)28/h4-9,14,18,32H,10-13,15-16H2,1-3H3/t18-/m0/s1. The number of piperazine rings is 1. The fourth-order valence-corrected chi connectivity index (χ4v) is 5.28. The van der Waals surface area contributed by atoms with Crippen molar-refractivity contribution in [3.63, 3.8) is 0 Å². The molecule has 2 heterocycles. The number of hydrogen-bond donors (Lipinski definition) is 1. The molecule has 10 heteroatoms. The van der Waals surface area contributed by atoms with Crippen LogP contribution >= 0.6 is 11.8 Å². The molecule has 0 aliphatic carbocycles. The minimum atomic E-state index is -4.45. The highest BCUT2D eigenvalue weighted by molar-refractivity contribution is 7.99. The largest absolute Gasteiger partial charge is 0.444 e. The highest BCUT2D eigenvalue weighted by Crippen LogP contribution is 2.49. The number of benzene rings is 2. The van der Waals surface area contributed by atoms with Gasteiger partial charge in [0, 0.05) is 42.5 Å². The van der Waals surface area contributed by atoms with E-state index in [1.807, 2.05) is 45.0 Å². The molecule has 2 aromatic carbocycles. The van der Waals surface area contributed by atoms with Gasteiger partial charge in [0.05, 0.1) is 29.6 Å². The van der Waals surface area contributed by atoms with Crippen LogP contribution in [0.4, 0.5) is 29.3 Å². The molecule has 0 aromatic heterocycles. The van der Waals surface area contributed by atoms with Crippen LogP contribution in [-0.4, -0.2) is 72.0 Å². The molecule has 0 bridgehead atoms. The normalized spacial score (nSPS) is 17.6. The number of β-amino-alcohol motifs (C(OH)–C–C–N with tert-alkyl or cyclic N) is 1. The van der Waals surface area contributed by atoms with Crippen molar-refractivity contribution in [1.82, 2.24) is 9.80 Å². The van der Waals surface area contributed by atoms with Crippen molar-refractivity contribution in [2.75, 3.05) is 44.2 Å². The zero-order valence-corrected chi connectivity index (χ0v) is 20.8. The maximum absolute atomic E-state index is 13.4. The van der Waals surface area contributed by atoms with Gasteiger partial charge in [-0.05, 0) is 51.1 Å². The number of fused-ring (bicyclic) bond motifs is 2. The van der Waals surface area contributed by atoms with Gasteiger partial charge in [-0.1, -0.05) is 23.9 Å². The van der Waals surface area contributed by atoms with Gasteiger partial charge in [-0.25, -0.2) is 4.79 Å². The predicted octanol–water partition coefficient (Wildman–Crippen LogP) is 5.22. The molecule has 1 fully saturated rings. The van der Waals surface area contributed by atoms with E-state index in [0.29, 0.717) is 38.4 Å². The molecular formula is C25H30F3N3O3S. The summed E-state index contributed by atoms with van der Waals surface area (Å²) in [6.45, 7) is 8.11. The molecular weight excluding hydrogens is 479 g/mol. The minimum absolute atomic E-state index is 0.151. The van der Waals surface area contributed by atoms with E-state index in [-0.39, 0.29) is 12.6 Å². The number of carbonyl (C=O) groups is 1. The van der Waals surface area contributed by atoms with E-state index in [0.717, 1.165) is 27.6 Å². The number of aliphatic hydroxyl groups excluding tert-OH is 1. The van der Waals surface area contributed by atoms with E-state index < -0.39 is 23.4 Å². The van der Waals surface area contributed by atoms with Crippen LogP contribution < -0.4 is 4.90 Å². The molecule has 1 N–H and O–H groups in total. The van der Waals surface area contributed by atoms with Crippen molar-refractivity contribution >= 4 is 29.2 Å². The van der Waals surface area contributed by atoms with E-state index >= 15 is 0 Å². The fourth-order valence-electron chi connectivity index (χ4n) is 4.21. The fraction of sp³-hybridized carbons (Fsp3) is 0.480. The average molecular weight is 510 g/mol. The summed E-state index contributed by atoms with van der Waals surface area (Å²) >= 11 is 1.42. The highest BCUT2D eigenvalue weighted by Gasteiger charge is 2.34. The third-order valence-electron chi connectivity index (χ3n) is 5.84. The number of alkyl halides is 3. The topological polar surface area (TPSA) is 56.3 Å². The van der Waals surface area contributed by atoms with Gasteiger partial charge in [0.1, 0.15) is 5.60 Å². The molecule has 35 heavy (non-hydrogen) atoms. The van der Waals surface area contributed by atoms with E-state index in [1.54, 1.807) is 9.80 Å². The number of amides is 1. The molecule has 2 aliphatic heterocycles. The molecule has 1 amide bonds. The Balaban J connectivity index is 1.44. The van der Waals surface area contributed by atoms with Gasteiger partial charge in [-0.2, -0.15) is 13.2 Å². The molecule has 0 radical (unpaired) electrons. The first kappa shape index (κ1) is 25.7. The minimum Gasteiger partial charge on any atom is -0.444 e. The van der Waals surface area contributed by atoms with Crippen molar-refractivity contribution in [3.05, 3.63) is 48.0 Å². The van der Waals surface area contributed by atoms with E-state index in [9.17, 15) is 23.1 Å². The Morgan fingerprint density at radius 1 is 1.00 bits per heavy atom. The lowest BCUT2D eigenvalue weighted by Gasteiger charge is -2.38. The van der Waals surface area contributed by atoms with Gasteiger partial charge in [0.15, 0.2) is 0 Å². The second-order valence-electron chi connectivity index (χ2n) is 9.78. The quantitative estimate of drug-likeness (QED) is 0.610. The molecule has 2 aliphatic rings. The maximum Gasteiger partial charge on any atom is 0.416 e. The number of nitrogens with zero attached hydrogens (tertiary/aromatic N) is 3. The Kier molecular flexibility index (Phi) is 7.26. The Labute approximate surface area is 207 Å². The van der Waals surface area contributed by atoms with Crippen LogP contribution in [0, 0.1) is 0 Å². The molecule has 0 unspecified atom stereocenters. The Morgan fingerprint density at radius 2 is 1.66 bits per heavy atom. The van der Waals surface area contributed by atoms with Crippen LogP contribution in [0.15, 0.2) is 52.3 Å². The van der Waals surface area contributed by atoms with Gasteiger partial charge >= 0.3 is 12.3 Å². The number of ether oxygens (including phenoxy) is 1. The van der Waals surface area contributed by atoms with Crippen LogP contribution in [0.1, 0.15) is 26.3 Å². The molecule has 2 aromatic rings. The number of halogens is 3. The molecule has 1 atom stereocenters. The number of anilines is 2. The third-order valence-corrected chi connectivity index (χ3v) is 6.97. The molecule has 1 saturated heterocycles. The Morgan fingerprint density at radius 3 is 2.31 bits per heavy atom. The van der Waals surface area contributed by atoms with Crippen LogP contribution in [0.3, 0.4) is 0 Å². The molecule has 0 saturated carbocycles. The Bertz CT molecular complexity index is 1070. The summed E-state index contributed by atoms with van der Waals surface area (Å²) in [5.41, 5.74) is -0.0557. The monoisotopic (exact) mass is 509 g/mol. The summed E-state index contributed by atoms with van der Waals surface area (Å²) in [6, 6.07) is 11.3. The van der Waals surface area contributed by atoms with Crippen molar-refractivity contribution in [2.24, 2.45) is 0 Å². The summed E-state index contributed by atoms with van der Waals surface area (Å²) in [4.78, 5) is 19.4. The lowest BCUT2D eigenvalue weighted by atomic mass is 10.1. The van der Waals surface area contributed by atoms with Crippen LogP contribution in [0.25, 0.3) is 0 Å². The number of rotatable bonds is 4. The molecule has 6 nitrogen and oxygen atoms in total. The van der Waals surface area contributed by atoms with Gasteiger partial charge in [-0.3, -0.25) is 4.90 Å². The number of hydrogen-bond acceptors (Lipinski definition) is 6. The van der Waals surface area contributed by atoms with Crippen LogP contribution in [-0.2, 0) is 10.9 Å². The van der Waals surface area contributed by atoms with Crippen LogP contribution in [0.5, 0.6) is 0 Å². The zero-order chi connectivity index (χ0) is 25.4. The first-order valence-corrected chi connectivity index (χ1v) is 12.4. The van der Waals surface area contributed by atoms with Crippen molar-refractivity contribution in [2.45, 2.75) is 48.4 Å². The number of aliphatic hydroxyl groups is 1.